The average molecular weight is 466 g/mol. The quantitative estimate of drug-likeness (QED) is 0.426. The summed E-state index contributed by atoms with van der Waals surface area (Å²) in [5.41, 5.74) is 2.04. The molecule has 184 valence electrons. The third kappa shape index (κ3) is 4.66. The van der Waals surface area contributed by atoms with Crippen LogP contribution in [-0.2, 0) is 4.79 Å². The molecule has 2 fully saturated rings. The number of aliphatic hydroxyl groups is 3. The number of aliphatic hydroxyl groups excluding tert-OH is 3. The molecule has 0 saturated carbocycles. The molecule has 0 unspecified atom stereocenters. The average Bonchev–Trinajstić information content (AvgIpc) is 3.28. The minimum atomic E-state index is -0.885. The second kappa shape index (κ2) is 10.6. The number of fused-ring (bicyclic) bond motifs is 4. The van der Waals surface area contributed by atoms with Crippen molar-refractivity contribution in [2.75, 3.05) is 0 Å². The maximum Gasteiger partial charge on any atom is 0.230 e. The van der Waals surface area contributed by atoms with Crippen LogP contribution >= 0.6 is 0 Å². The fourth-order valence-corrected chi connectivity index (χ4v) is 6.36. The van der Waals surface area contributed by atoms with Gasteiger partial charge in [0.15, 0.2) is 0 Å². The number of hydrogen-bond acceptors (Lipinski definition) is 4. The number of amides is 1. The van der Waals surface area contributed by atoms with Crippen LogP contribution in [0.5, 0.6) is 0 Å². The van der Waals surface area contributed by atoms with Gasteiger partial charge in [-0.3, -0.25) is 4.79 Å². The summed E-state index contributed by atoms with van der Waals surface area (Å²) < 4.78 is 0. The molecule has 0 spiro atoms. The zero-order chi connectivity index (χ0) is 24.4. The Labute approximate surface area is 203 Å². The molecule has 4 rings (SSSR count). The topological polar surface area (TPSA) is 81.0 Å². The monoisotopic (exact) mass is 465 g/mol. The van der Waals surface area contributed by atoms with Gasteiger partial charge in [0.05, 0.1) is 30.3 Å². The van der Waals surface area contributed by atoms with Crippen molar-refractivity contribution in [2.24, 2.45) is 23.7 Å². The van der Waals surface area contributed by atoms with Crippen molar-refractivity contribution in [1.82, 2.24) is 4.90 Å². The highest BCUT2D eigenvalue weighted by atomic mass is 16.3. The van der Waals surface area contributed by atoms with E-state index >= 15 is 0 Å². The third-order valence-corrected chi connectivity index (χ3v) is 8.01. The standard InChI is InChI=1S/C29H39NO4/c1-4-5-6-7-8-9-12-21-17-24(32)27-26-19(3)16-20-14-15-23(31)28(33)25(20)18(2)11-10-13-22(26)29(34)30(21)27/h6-11,13-16,20-28,31-33H,4-5,12,17H2,1-3H3/t20-,21+,22+,23-,24-,25-,26+,27-,28-/m0/s1. The summed E-state index contributed by atoms with van der Waals surface area (Å²) >= 11 is 0. The zero-order valence-corrected chi connectivity index (χ0v) is 20.5. The summed E-state index contributed by atoms with van der Waals surface area (Å²) in [6, 6.07) is -0.239. The van der Waals surface area contributed by atoms with Gasteiger partial charge in [-0.25, -0.2) is 0 Å². The van der Waals surface area contributed by atoms with Crippen LogP contribution in [-0.4, -0.2) is 56.5 Å². The number of nitrogens with zero attached hydrogens (tertiary/aromatic N) is 1. The number of unbranched alkanes of at least 4 members (excludes halogenated alkanes) is 1. The maximum absolute atomic E-state index is 13.6. The van der Waals surface area contributed by atoms with Crippen molar-refractivity contribution < 1.29 is 20.1 Å². The zero-order valence-electron chi connectivity index (χ0n) is 20.5. The van der Waals surface area contributed by atoms with Gasteiger partial charge < -0.3 is 20.2 Å². The number of allylic oxidation sites excluding steroid dienone is 7. The van der Waals surface area contributed by atoms with Gasteiger partial charge in [-0.1, -0.05) is 85.3 Å². The molecule has 2 aliphatic carbocycles. The van der Waals surface area contributed by atoms with E-state index in [4.69, 9.17) is 0 Å². The van der Waals surface area contributed by atoms with Crippen LogP contribution in [0.3, 0.4) is 0 Å². The van der Waals surface area contributed by atoms with Crippen molar-refractivity contribution >= 4 is 5.91 Å². The van der Waals surface area contributed by atoms with Gasteiger partial charge in [0.25, 0.3) is 0 Å². The molecule has 0 aromatic heterocycles. The van der Waals surface area contributed by atoms with E-state index in [1.54, 1.807) is 6.08 Å². The highest BCUT2D eigenvalue weighted by molar-refractivity contribution is 5.85. The first-order valence-electron chi connectivity index (χ1n) is 12.7. The molecule has 5 heteroatoms. The molecule has 1 amide bonds. The Hall–Kier alpha value is -2.21. The molecule has 9 atom stereocenters. The lowest BCUT2D eigenvalue weighted by molar-refractivity contribution is -0.132. The van der Waals surface area contributed by atoms with Crippen molar-refractivity contribution in [1.29, 1.82) is 0 Å². The van der Waals surface area contributed by atoms with E-state index in [9.17, 15) is 20.1 Å². The minimum Gasteiger partial charge on any atom is -0.391 e. The highest BCUT2D eigenvalue weighted by Gasteiger charge is 2.56. The Kier molecular flexibility index (Phi) is 7.76. The molecular formula is C29H39NO4. The summed E-state index contributed by atoms with van der Waals surface area (Å²) in [7, 11) is 0. The van der Waals surface area contributed by atoms with Crippen LogP contribution in [0.25, 0.3) is 0 Å². The molecule has 0 radical (unpaired) electrons. The van der Waals surface area contributed by atoms with Crippen molar-refractivity contribution in [3.8, 4) is 0 Å². The smallest absolute Gasteiger partial charge is 0.230 e. The predicted molar refractivity (Wildman–Crippen MR) is 135 cm³/mol. The number of carbonyl (C=O) groups excluding carboxylic acids is 1. The Morgan fingerprint density at radius 3 is 2.56 bits per heavy atom. The van der Waals surface area contributed by atoms with E-state index in [-0.39, 0.29) is 41.7 Å². The van der Waals surface area contributed by atoms with Crippen molar-refractivity contribution in [2.45, 2.75) is 76.9 Å². The number of rotatable bonds is 5. The molecule has 0 bridgehead atoms. The molecule has 2 saturated heterocycles. The van der Waals surface area contributed by atoms with Crippen LogP contribution in [0, 0.1) is 23.7 Å². The Balaban J connectivity index is 1.63. The molecule has 34 heavy (non-hydrogen) atoms. The summed E-state index contributed by atoms with van der Waals surface area (Å²) in [5.74, 6) is -0.624. The molecular weight excluding hydrogens is 426 g/mol. The molecule has 3 N–H and O–H groups in total. The summed E-state index contributed by atoms with van der Waals surface area (Å²) in [6.45, 7) is 6.16. The van der Waals surface area contributed by atoms with E-state index in [2.05, 4.69) is 31.2 Å². The van der Waals surface area contributed by atoms with Crippen molar-refractivity contribution in [3.05, 3.63) is 71.9 Å². The second-order valence-corrected chi connectivity index (χ2v) is 10.3. The van der Waals surface area contributed by atoms with Crippen LogP contribution < -0.4 is 0 Å². The van der Waals surface area contributed by atoms with E-state index in [0.29, 0.717) is 6.42 Å². The van der Waals surface area contributed by atoms with Gasteiger partial charge in [0.2, 0.25) is 5.91 Å². The Morgan fingerprint density at radius 2 is 1.79 bits per heavy atom. The van der Waals surface area contributed by atoms with E-state index in [1.165, 1.54) is 0 Å². The van der Waals surface area contributed by atoms with E-state index in [0.717, 1.165) is 30.4 Å². The number of hydrogen-bond donors (Lipinski definition) is 3. The van der Waals surface area contributed by atoms with E-state index in [1.807, 2.05) is 49.1 Å². The molecule has 4 aliphatic rings. The second-order valence-electron chi connectivity index (χ2n) is 10.3. The summed E-state index contributed by atoms with van der Waals surface area (Å²) in [6.07, 6.45) is 21.1. The first-order valence-corrected chi connectivity index (χ1v) is 12.7. The lowest BCUT2D eigenvalue weighted by Gasteiger charge is -2.35. The first-order chi connectivity index (χ1) is 16.3. The molecule has 0 aromatic rings. The van der Waals surface area contributed by atoms with Crippen LogP contribution in [0.15, 0.2) is 71.9 Å². The van der Waals surface area contributed by atoms with Gasteiger partial charge in [0.1, 0.15) is 0 Å². The van der Waals surface area contributed by atoms with Crippen LogP contribution in [0.2, 0.25) is 0 Å². The lowest BCUT2D eigenvalue weighted by atomic mass is 9.73. The predicted octanol–water partition coefficient (Wildman–Crippen LogP) is 3.85. The van der Waals surface area contributed by atoms with Crippen LogP contribution in [0.1, 0.15) is 46.5 Å². The van der Waals surface area contributed by atoms with E-state index < -0.39 is 18.3 Å². The van der Waals surface area contributed by atoms with Crippen LogP contribution in [0.4, 0.5) is 0 Å². The normalized spacial score (nSPS) is 39.9. The lowest BCUT2D eigenvalue weighted by Crippen LogP contribution is -2.40. The molecule has 2 heterocycles. The largest absolute Gasteiger partial charge is 0.391 e. The fourth-order valence-electron chi connectivity index (χ4n) is 6.36. The summed E-state index contributed by atoms with van der Waals surface area (Å²) in [5, 5.41) is 32.0. The molecule has 5 nitrogen and oxygen atoms in total. The molecule has 2 aliphatic heterocycles. The number of carbonyl (C=O) groups is 1. The van der Waals surface area contributed by atoms with Crippen molar-refractivity contribution in [3.63, 3.8) is 0 Å². The first kappa shape index (κ1) is 24.9. The minimum absolute atomic E-state index is 0.00118. The Morgan fingerprint density at radius 1 is 1.03 bits per heavy atom. The van der Waals surface area contributed by atoms with Gasteiger partial charge >= 0.3 is 0 Å². The Bertz CT molecular complexity index is 942. The molecule has 0 aromatic carbocycles. The van der Waals surface area contributed by atoms with Gasteiger partial charge in [-0.05, 0) is 33.1 Å². The maximum atomic E-state index is 13.6. The van der Waals surface area contributed by atoms with Gasteiger partial charge in [-0.2, -0.15) is 0 Å². The van der Waals surface area contributed by atoms with Gasteiger partial charge in [-0.15, -0.1) is 0 Å². The fraction of sp³-hybridized carbons (Fsp3) is 0.552. The summed E-state index contributed by atoms with van der Waals surface area (Å²) in [4.78, 5) is 15.6. The SMILES string of the molecule is CCCC=CC=CC[C@@H]1C[C@H](O)[C@H]2[C@@H]3C(C)=C[C@@H]4C=C[C@H](O)[C@H](O)[C@H]4C(C)=CC=C[C@H]3C(=O)N12. The third-order valence-electron chi connectivity index (χ3n) is 8.01. The van der Waals surface area contributed by atoms with Gasteiger partial charge in [0, 0.05) is 23.8 Å². The highest BCUT2D eigenvalue weighted by Crippen LogP contribution is 2.47.